The van der Waals surface area contributed by atoms with Crippen molar-refractivity contribution >= 4 is 11.7 Å². The number of methoxy groups -OCH3 is 1. The molecule has 0 spiro atoms. The van der Waals surface area contributed by atoms with E-state index in [1.54, 1.807) is 19.1 Å². The van der Waals surface area contributed by atoms with E-state index in [1.807, 2.05) is 6.92 Å². The molecule has 0 bridgehead atoms. The zero-order valence-electron chi connectivity index (χ0n) is 10.9. The van der Waals surface area contributed by atoms with Gasteiger partial charge < -0.3 is 19.9 Å². The minimum atomic E-state index is -0.466. The molecular weight excluding hydrogens is 234 g/mol. The van der Waals surface area contributed by atoms with Crippen LogP contribution < -0.4 is 10.5 Å². The Labute approximate surface area is 107 Å². The molecule has 1 unspecified atom stereocenters. The highest BCUT2D eigenvalue weighted by atomic mass is 16.6. The average Bonchev–Trinajstić information content (AvgIpc) is 2.36. The second-order valence-corrected chi connectivity index (χ2v) is 3.84. The van der Waals surface area contributed by atoms with Crippen molar-refractivity contribution in [2.24, 2.45) is 0 Å². The fourth-order valence-corrected chi connectivity index (χ4v) is 1.45. The van der Waals surface area contributed by atoms with Gasteiger partial charge in [-0.15, -0.1) is 0 Å². The molecule has 5 nitrogen and oxygen atoms in total. The van der Waals surface area contributed by atoms with Crippen LogP contribution in [-0.2, 0) is 9.47 Å². The number of esters is 1. The molecule has 0 aliphatic heterocycles. The van der Waals surface area contributed by atoms with Crippen LogP contribution in [0.25, 0.3) is 0 Å². The number of carbonyl (C=O) groups is 1. The van der Waals surface area contributed by atoms with Crippen LogP contribution >= 0.6 is 0 Å². The third kappa shape index (κ3) is 3.92. The summed E-state index contributed by atoms with van der Waals surface area (Å²) in [6.07, 6.45) is -0.316. The molecule has 0 radical (unpaired) electrons. The first-order valence-corrected chi connectivity index (χ1v) is 5.80. The summed E-state index contributed by atoms with van der Waals surface area (Å²) in [5, 5.41) is 0. The Kier molecular flexibility index (Phi) is 5.45. The van der Waals surface area contributed by atoms with Gasteiger partial charge in [-0.2, -0.15) is 0 Å². The van der Waals surface area contributed by atoms with E-state index in [0.717, 1.165) is 0 Å². The lowest BCUT2D eigenvalue weighted by molar-refractivity contribution is 0.00416. The van der Waals surface area contributed by atoms with E-state index in [0.29, 0.717) is 30.2 Å². The maximum atomic E-state index is 11.9. The highest BCUT2D eigenvalue weighted by Crippen LogP contribution is 2.22. The molecule has 0 fully saturated rings. The van der Waals surface area contributed by atoms with Gasteiger partial charge in [0.2, 0.25) is 0 Å². The van der Waals surface area contributed by atoms with Gasteiger partial charge in [0.1, 0.15) is 17.4 Å². The summed E-state index contributed by atoms with van der Waals surface area (Å²) >= 11 is 0. The van der Waals surface area contributed by atoms with Crippen LogP contribution in [-0.4, -0.2) is 32.4 Å². The lowest BCUT2D eigenvalue weighted by Crippen LogP contribution is -2.21. The fourth-order valence-electron chi connectivity index (χ4n) is 1.45. The van der Waals surface area contributed by atoms with Crippen LogP contribution in [0.5, 0.6) is 5.75 Å². The van der Waals surface area contributed by atoms with E-state index in [4.69, 9.17) is 19.9 Å². The minimum absolute atomic E-state index is 0.316. The highest BCUT2D eigenvalue weighted by molar-refractivity contribution is 5.93. The molecule has 1 aromatic carbocycles. The van der Waals surface area contributed by atoms with Crippen molar-refractivity contribution in [2.75, 3.05) is 26.1 Å². The van der Waals surface area contributed by atoms with Crippen LogP contribution in [0.2, 0.25) is 0 Å². The van der Waals surface area contributed by atoms with Gasteiger partial charge in [-0.1, -0.05) is 0 Å². The topological polar surface area (TPSA) is 70.8 Å². The summed E-state index contributed by atoms with van der Waals surface area (Å²) < 4.78 is 15.5. The Morgan fingerprint density at radius 2 is 2.17 bits per heavy atom. The Morgan fingerprint density at radius 1 is 1.44 bits per heavy atom. The molecule has 1 atom stereocenters. The molecule has 2 N–H and O–H groups in total. The molecule has 5 heteroatoms. The Bertz CT molecular complexity index is 406. The van der Waals surface area contributed by atoms with Crippen molar-refractivity contribution in [2.45, 2.75) is 20.0 Å². The number of hydrogen-bond acceptors (Lipinski definition) is 5. The number of nitrogens with two attached hydrogens (primary N) is 1. The molecule has 0 aliphatic carbocycles. The van der Waals surface area contributed by atoms with Crippen LogP contribution in [0.3, 0.4) is 0 Å². The number of ether oxygens (including phenoxy) is 3. The number of nitrogen functional groups attached to an aromatic ring is 1. The smallest absolute Gasteiger partial charge is 0.342 e. The van der Waals surface area contributed by atoms with Gasteiger partial charge in [0.15, 0.2) is 0 Å². The summed E-state index contributed by atoms with van der Waals surface area (Å²) in [7, 11) is 1.49. The van der Waals surface area contributed by atoms with E-state index < -0.39 is 5.97 Å². The van der Waals surface area contributed by atoms with Gasteiger partial charge in [0.05, 0.1) is 13.7 Å². The minimum Gasteiger partial charge on any atom is -0.496 e. The van der Waals surface area contributed by atoms with E-state index >= 15 is 0 Å². The third-order valence-corrected chi connectivity index (χ3v) is 2.31. The molecule has 0 amide bonds. The van der Waals surface area contributed by atoms with Gasteiger partial charge in [-0.05, 0) is 32.0 Å². The van der Waals surface area contributed by atoms with Crippen LogP contribution in [0.15, 0.2) is 18.2 Å². The molecule has 0 heterocycles. The molecule has 0 saturated carbocycles. The molecule has 1 rings (SSSR count). The van der Waals surface area contributed by atoms with Crippen LogP contribution in [0, 0.1) is 0 Å². The van der Waals surface area contributed by atoms with Crippen LogP contribution in [0.1, 0.15) is 24.2 Å². The zero-order valence-corrected chi connectivity index (χ0v) is 10.9. The standard InChI is InChI=1S/C13H19NO4/c1-4-17-8-9(2)18-13(15)11-7-10(14)5-6-12(11)16-3/h5-7,9H,4,8,14H2,1-3H3. The van der Waals surface area contributed by atoms with Crippen molar-refractivity contribution in [1.82, 2.24) is 0 Å². The second kappa shape index (κ2) is 6.86. The zero-order chi connectivity index (χ0) is 13.5. The van der Waals surface area contributed by atoms with Gasteiger partial charge in [-0.3, -0.25) is 0 Å². The summed E-state index contributed by atoms with van der Waals surface area (Å²) in [6, 6.07) is 4.84. The van der Waals surface area contributed by atoms with Gasteiger partial charge >= 0.3 is 5.97 Å². The molecule has 0 aromatic heterocycles. The molecular formula is C13H19NO4. The van der Waals surface area contributed by atoms with Crippen LogP contribution in [0.4, 0.5) is 5.69 Å². The number of benzene rings is 1. The van der Waals surface area contributed by atoms with Crippen molar-refractivity contribution < 1.29 is 19.0 Å². The van der Waals surface area contributed by atoms with Crippen molar-refractivity contribution in [1.29, 1.82) is 0 Å². The van der Waals surface area contributed by atoms with Crippen molar-refractivity contribution in [3.05, 3.63) is 23.8 Å². The molecule has 0 saturated heterocycles. The first-order chi connectivity index (χ1) is 8.58. The number of hydrogen-bond donors (Lipinski definition) is 1. The van der Waals surface area contributed by atoms with Gasteiger partial charge in [0.25, 0.3) is 0 Å². The molecule has 18 heavy (non-hydrogen) atoms. The Hall–Kier alpha value is -1.75. The maximum absolute atomic E-state index is 11.9. The largest absolute Gasteiger partial charge is 0.496 e. The lowest BCUT2D eigenvalue weighted by Gasteiger charge is -2.14. The Morgan fingerprint density at radius 3 is 2.78 bits per heavy atom. The first kappa shape index (κ1) is 14.3. The van der Waals surface area contributed by atoms with Gasteiger partial charge in [-0.25, -0.2) is 4.79 Å². The Balaban J connectivity index is 2.74. The van der Waals surface area contributed by atoms with E-state index in [-0.39, 0.29) is 6.10 Å². The predicted molar refractivity (Wildman–Crippen MR) is 68.8 cm³/mol. The quantitative estimate of drug-likeness (QED) is 0.619. The van der Waals surface area contributed by atoms with E-state index in [1.165, 1.54) is 13.2 Å². The number of anilines is 1. The maximum Gasteiger partial charge on any atom is 0.342 e. The van der Waals surface area contributed by atoms with E-state index in [9.17, 15) is 4.79 Å². The molecule has 0 aliphatic rings. The highest BCUT2D eigenvalue weighted by Gasteiger charge is 2.17. The fraction of sp³-hybridized carbons (Fsp3) is 0.462. The third-order valence-electron chi connectivity index (χ3n) is 2.31. The molecule has 1 aromatic rings. The number of rotatable bonds is 6. The summed E-state index contributed by atoms with van der Waals surface area (Å²) in [5.74, 6) is -0.0239. The first-order valence-electron chi connectivity index (χ1n) is 5.80. The van der Waals surface area contributed by atoms with Crippen molar-refractivity contribution in [3.63, 3.8) is 0 Å². The lowest BCUT2D eigenvalue weighted by atomic mass is 10.2. The predicted octanol–water partition coefficient (Wildman–Crippen LogP) is 1.86. The summed E-state index contributed by atoms with van der Waals surface area (Å²) in [5.41, 5.74) is 6.45. The molecule has 100 valence electrons. The normalized spacial score (nSPS) is 11.9. The van der Waals surface area contributed by atoms with Crippen molar-refractivity contribution in [3.8, 4) is 5.75 Å². The number of carbonyl (C=O) groups excluding carboxylic acids is 1. The van der Waals surface area contributed by atoms with Gasteiger partial charge in [0, 0.05) is 12.3 Å². The van der Waals surface area contributed by atoms with E-state index in [2.05, 4.69) is 0 Å². The second-order valence-electron chi connectivity index (χ2n) is 3.84. The summed E-state index contributed by atoms with van der Waals surface area (Å²) in [4.78, 5) is 11.9. The summed E-state index contributed by atoms with van der Waals surface area (Å²) in [6.45, 7) is 4.61. The SMILES string of the molecule is CCOCC(C)OC(=O)c1cc(N)ccc1OC. The monoisotopic (exact) mass is 253 g/mol. The average molecular weight is 253 g/mol.